The Balaban J connectivity index is 3.40. The minimum atomic E-state index is -4.40. The molecule has 0 bridgehead atoms. The molecule has 0 saturated heterocycles. The van der Waals surface area contributed by atoms with E-state index in [0.717, 1.165) is 6.07 Å². The molecule has 1 aromatic rings. The summed E-state index contributed by atoms with van der Waals surface area (Å²) in [7, 11) is 0. The summed E-state index contributed by atoms with van der Waals surface area (Å²) in [5.41, 5.74) is 4.19. The van der Waals surface area contributed by atoms with E-state index in [4.69, 9.17) is 17.3 Å². The van der Waals surface area contributed by atoms with Crippen molar-refractivity contribution < 1.29 is 13.2 Å². The van der Waals surface area contributed by atoms with Crippen molar-refractivity contribution in [3.8, 4) is 0 Å². The van der Waals surface area contributed by atoms with Crippen molar-refractivity contribution in [1.82, 2.24) is 0 Å². The van der Waals surface area contributed by atoms with Crippen molar-refractivity contribution in [2.75, 3.05) is 6.54 Å². The lowest BCUT2D eigenvalue weighted by Crippen LogP contribution is -2.26. The van der Waals surface area contributed by atoms with Crippen LogP contribution in [0.15, 0.2) is 18.2 Å². The summed E-state index contributed by atoms with van der Waals surface area (Å²) in [6.07, 6.45) is -3.95. The van der Waals surface area contributed by atoms with Crippen LogP contribution < -0.4 is 5.73 Å². The molecule has 0 aliphatic rings. The predicted octanol–water partition coefficient (Wildman–Crippen LogP) is 3.99. The van der Waals surface area contributed by atoms with Gasteiger partial charge in [0.25, 0.3) is 0 Å². The monoisotopic (exact) mass is 265 g/mol. The molecule has 96 valence electrons. The normalized spacial score (nSPS) is 12.9. The lowest BCUT2D eigenvalue weighted by Gasteiger charge is -2.29. The van der Waals surface area contributed by atoms with E-state index in [0.29, 0.717) is 13.0 Å². The van der Waals surface area contributed by atoms with Gasteiger partial charge in [-0.25, -0.2) is 0 Å². The van der Waals surface area contributed by atoms with Crippen LogP contribution in [0.3, 0.4) is 0 Å². The Morgan fingerprint density at radius 1 is 1.24 bits per heavy atom. The molecule has 1 nitrogen and oxygen atoms in total. The molecule has 0 aliphatic heterocycles. The minimum absolute atomic E-state index is 0.125. The van der Waals surface area contributed by atoms with Gasteiger partial charge in [-0.05, 0) is 36.1 Å². The van der Waals surface area contributed by atoms with Gasteiger partial charge in [-0.3, -0.25) is 0 Å². The largest absolute Gasteiger partial charge is 0.416 e. The van der Waals surface area contributed by atoms with Crippen molar-refractivity contribution >= 4 is 11.6 Å². The van der Waals surface area contributed by atoms with Crippen LogP contribution in [0.4, 0.5) is 13.2 Å². The molecule has 0 atom stereocenters. The maximum atomic E-state index is 12.9. The summed E-state index contributed by atoms with van der Waals surface area (Å²) in [5, 5.41) is 0.137. The quantitative estimate of drug-likeness (QED) is 0.879. The van der Waals surface area contributed by atoms with E-state index in [-0.39, 0.29) is 10.6 Å². The standard InChI is InChI=1S/C12H15ClF3N/c1-11(2,6-7-17)10-8(12(14,15)16)4-3-5-9(10)13/h3-5H,6-7,17H2,1-2H3. The van der Waals surface area contributed by atoms with Crippen LogP contribution >= 0.6 is 11.6 Å². The first-order valence-corrected chi connectivity index (χ1v) is 5.64. The molecule has 0 aliphatic carbocycles. The van der Waals surface area contributed by atoms with Gasteiger partial charge in [0.15, 0.2) is 0 Å². The molecule has 2 N–H and O–H groups in total. The molecule has 0 amide bonds. The van der Waals surface area contributed by atoms with Gasteiger partial charge in [-0.15, -0.1) is 0 Å². The fourth-order valence-electron chi connectivity index (χ4n) is 1.93. The van der Waals surface area contributed by atoms with Gasteiger partial charge in [-0.2, -0.15) is 13.2 Å². The first-order chi connectivity index (χ1) is 7.70. The average molecular weight is 266 g/mol. The maximum Gasteiger partial charge on any atom is 0.416 e. The smallest absolute Gasteiger partial charge is 0.330 e. The number of hydrogen-bond donors (Lipinski definition) is 1. The summed E-state index contributed by atoms with van der Waals surface area (Å²) < 4.78 is 38.7. The highest BCUT2D eigenvalue weighted by molar-refractivity contribution is 6.31. The topological polar surface area (TPSA) is 26.0 Å². The average Bonchev–Trinajstić information content (AvgIpc) is 2.15. The first-order valence-electron chi connectivity index (χ1n) is 5.26. The fraction of sp³-hybridized carbons (Fsp3) is 0.500. The lowest BCUT2D eigenvalue weighted by atomic mass is 9.79. The number of nitrogens with two attached hydrogens (primary N) is 1. The molecule has 0 unspecified atom stereocenters. The third kappa shape index (κ3) is 3.13. The second kappa shape index (κ2) is 4.86. The number of hydrogen-bond acceptors (Lipinski definition) is 1. The molecular formula is C12H15ClF3N. The van der Waals surface area contributed by atoms with Crippen LogP contribution in [0.2, 0.25) is 5.02 Å². The fourth-order valence-corrected chi connectivity index (χ4v) is 2.36. The minimum Gasteiger partial charge on any atom is -0.330 e. The molecular weight excluding hydrogens is 251 g/mol. The van der Waals surface area contributed by atoms with Crippen LogP contribution in [0, 0.1) is 0 Å². The van der Waals surface area contributed by atoms with Crippen molar-refractivity contribution in [2.24, 2.45) is 5.73 Å². The van der Waals surface area contributed by atoms with Gasteiger partial charge in [0.05, 0.1) is 5.56 Å². The van der Waals surface area contributed by atoms with E-state index in [1.807, 2.05) is 0 Å². The Morgan fingerprint density at radius 3 is 2.29 bits per heavy atom. The van der Waals surface area contributed by atoms with Gasteiger partial charge >= 0.3 is 6.18 Å². The zero-order valence-electron chi connectivity index (χ0n) is 9.74. The third-order valence-electron chi connectivity index (χ3n) is 2.77. The number of alkyl halides is 3. The summed E-state index contributed by atoms with van der Waals surface area (Å²) in [4.78, 5) is 0. The molecule has 17 heavy (non-hydrogen) atoms. The van der Waals surface area contributed by atoms with Gasteiger partial charge in [0.2, 0.25) is 0 Å². The van der Waals surface area contributed by atoms with Gasteiger partial charge in [0.1, 0.15) is 0 Å². The Hall–Kier alpha value is -0.740. The van der Waals surface area contributed by atoms with E-state index in [1.165, 1.54) is 12.1 Å². The zero-order chi connectivity index (χ0) is 13.3. The second-order valence-corrected chi connectivity index (χ2v) is 4.99. The molecule has 0 fully saturated rings. The molecule has 0 aromatic heterocycles. The van der Waals surface area contributed by atoms with Crippen LogP contribution in [0.1, 0.15) is 31.4 Å². The maximum absolute atomic E-state index is 12.9. The Labute approximate surface area is 104 Å². The van der Waals surface area contributed by atoms with E-state index in [9.17, 15) is 13.2 Å². The van der Waals surface area contributed by atoms with Crippen LogP contribution in [0.5, 0.6) is 0 Å². The van der Waals surface area contributed by atoms with Crippen LogP contribution in [-0.4, -0.2) is 6.54 Å². The van der Waals surface area contributed by atoms with Crippen molar-refractivity contribution in [3.63, 3.8) is 0 Å². The number of rotatable bonds is 3. The Morgan fingerprint density at radius 2 is 1.82 bits per heavy atom. The highest BCUT2D eigenvalue weighted by atomic mass is 35.5. The highest BCUT2D eigenvalue weighted by Crippen LogP contribution is 2.42. The van der Waals surface area contributed by atoms with Crippen molar-refractivity contribution in [2.45, 2.75) is 31.9 Å². The summed E-state index contributed by atoms with van der Waals surface area (Å²) in [6, 6.07) is 3.84. The van der Waals surface area contributed by atoms with Gasteiger partial charge in [0, 0.05) is 5.02 Å². The molecule has 0 saturated carbocycles. The first kappa shape index (κ1) is 14.3. The highest BCUT2D eigenvalue weighted by Gasteiger charge is 2.38. The number of halogens is 4. The second-order valence-electron chi connectivity index (χ2n) is 4.58. The summed E-state index contributed by atoms with van der Waals surface area (Å²) >= 11 is 5.91. The molecule has 0 heterocycles. The van der Waals surface area contributed by atoms with Crippen molar-refractivity contribution in [3.05, 3.63) is 34.3 Å². The molecule has 5 heteroatoms. The van der Waals surface area contributed by atoms with E-state index in [2.05, 4.69) is 0 Å². The SMILES string of the molecule is CC(C)(CCN)c1c(Cl)cccc1C(F)(F)F. The predicted molar refractivity (Wildman–Crippen MR) is 63.2 cm³/mol. The molecule has 0 radical (unpaired) electrons. The van der Waals surface area contributed by atoms with E-state index < -0.39 is 17.2 Å². The number of benzene rings is 1. The van der Waals surface area contributed by atoms with E-state index >= 15 is 0 Å². The molecule has 1 rings (SSSR count). The molecule has 1 aromatic carbocycles. The summed E-state index contributed by atoms with van der Waals surface area (Å²) in [6.45, 7) is 3.75. The van der Waals surface area contributed by atoms with Gasteiger partial charge in [-0.1, -0.05) is 31.5 Å². The van der Waals surface area contributed by atoms with Crippen molar-refractivity contribution in [1.29, 1.82) is 0 Å². The van der Waals surface area contributed by atoms with Crippen LogP contribution in [-0.2, 0) is 11.6 Å². The van der Waals surface area contributed by atoms with Gasteiger partial charge < -0.3 is 5.73 Å². The summed E-state index contributed by atoms with van der Waals surface area (Å²) in [5.74, 6) is 0. The lowest BCUT2D eigenvalue weighted by molar-refractivity contribution is -0.138. The molecule has 0 spiro atoms. The Bertz CT molecular complexity index is 399. The Kier molecular flexibility index (Phi) is 4.10. The third-order valence-corrected chi connectivity index (χ3v) is 3.08. The van der Waals surface area contributed by atoms with Crippen LogP contribution in [0.25, 0.3) is 0 Å². The van der Waals surface area contributed by atoms with E-state index in [1.54, 1.807) is 13.8 Å². The zero-order valence-corrected chi connectivity index (χ0v) is 10.5.